The Morgan fingerprint density at radius 1 is 1.17 bits per heavy atom. The molecule has 2 aromatic rings. The molecule has 7 heteroatoms. The summed E-state index contributed by atoms with van der Waals surface area (Å²) in [6.07, 6.45) is 1.88. The van der Waals surface area contributed by atoms with Crippen molar-refractivity contribution < 1.29 is 14.0 Å². The molecule has 1 aliphatic heterocycles. The van der Waals surface area contributed by atoms with Gasteiger partial charge in [0.2, 0.25) is 17.4 Å². The zero-order chi connectivity index (χ0) is 17.3. The largest absolute Gasteiger partial charge is 0.324 e. The molecule has 1 fully saturated rings. The van der Waals surface area contributed by atoms with E-state index >= 15 is 0 Å². The van der Waals surface area contributed by atoms with Crippen molar-refractivity contribution in [3.63, 3.8) is 0 Å². The van der Waals surface area contributed by atoms with E-state index in [0.29, 0.717) is 24.3 Å². The number of pyridine rings is 1. The first-order valence-corrected chi connectivity index (χ1v) is 7.50. The average molecular weight is 329 g/mol. The number of nitrogens with one attached hydrogen (secondary N) is 1. The lowest BCUT2D eigenvalue weighted by atomic mass is 10.1. The Hall–Kier alpha value is -2.96. The first kappa shape index (κ1) is 15.9. The van der Waals surface area contributed by atoms with Crippen LogP contribution in [0.1, 0.15) is 6.42 Å². The Morgan fingerprint density at radius 3 is 2.54 bits per heavy atom. The number of hydrogen-bond donors (Lipinski definition) is 1. The number of aromatic nitrogens is 1. The van der Waals surface area contributed by atoms with Gasteiger partial charge in [-0.25, -0.2) is 4.39 Å². The van der Waals surface area contributed by atoms with Gasteiger partial charge in [0.1, 0.15) is 11.7 Å². The third kappa shape index (κ3) is 3.05. The molecule has 2 heterocycles. The number of benzene rings is 1. The van der Waals surface area contributed by atoms with E-state index in [-0.39, 0.29) is 17.3 Å². The van der Waals surface area contributed by atoms with Crippen molar-refractivity contribution in [2.75, 3.05) is 16.8 Å². The molecule has 0 unspecified atom stereocenters. The minimum Gasteiger partial charge on any atom is -0.324 e. The zero-order valence-corrected chi connectivity index (χ0v) is 13.0. The minimum atomic E-state index is -0.799. The van der Waals surface area contributed by atoms with Crippen LogP contribution in [0.25, 0.3) is 0 Å². The van der Waals surface area contributed by atoms with E-state index in [0.717, 1.165) is 0 Å². The molecule has 1 atom stereocenters. The molecule has 2 amide bonds. The third-order valence-electron chi connectivity index (χ3n) is 4.01. The van der Waals surface area contributed by atoms with Gasteiger partial charge in [-0.1, -0.05) is 0 Å². The Morgan fingerprint density at radius 2 is 1.88 bits per heavy atom. The standard InChI is InChI=1S/C17H16FN3O3/c1-20-10-12(4-7-15(20)22)19-16(23)14-8-9-21(17(14)24)13-5-2-11(18)3-6-13/h2-7,10,14H,8-9H2,1H3,(H,19,23)/t14-/m0/s1. The smallest absolute Gasteiger partial charge is 0.250 e. The van der Waals surface area contributed by atoms with Gasteiger partial charge in [-0.3, -0.25) is 14.4 Å². The Labute approximate surface area is 137 Å². The molecule has 124 valence electrons. The summed E-state index contributed by atoms with van der Waals surface area (Å²) in [7, 11) is 1.58. The van der Waals surface area contributed by atoms with E-state index in [1.54, 1.807) is 7.05 Å². The predicted octanol–water partition coefficient (Wildman–Crippen LogP) is 1.52. The molecule has 6 nitrogen and oxygen atoms in total. The van der Waals surface area contributed by atoms with Crippen molar-refractivity contribution in [2.24, 2.45) is 13.0 Å². The fourth-order valence-electron chi connectivity index (χ4n) is 2.70. The minimum absolute atomic E-state index is 0.188. The number of rotatable bonds is 3. The summed E-state index contributed by atoms with van der Waals surface area (Å²) in [5.74, 6) is -1.91. The second-order valence-electron chi connectivity index (χ2n) is 5.66. The van der Waals surface area contributed by atoms with Gasteiger partial charge in [0.15, 0.2) is 0 Å². The lowest BCUT2D eigenvalue weighted by Crippen LogP contribution is -2.33. The summed E-state index contributed by atoms with van der Waals surface area (Å²) in [5, 5.41) is 2.66. The number of amides is 2. The van der Waals surface area contributed by atoms with Crippen LogP contribution in [0, 0.1) is 11.7 Å². The van der Waals surface area contributed by atoms with Crippen molar-refractivity contribution >= 4 is 23.2 Å². The number of aryl methyl sites for hydroxylation is 1. The van der Waals surface area contributed by atoms with Crippen LogP contribution in [0.5, 0.6) is 0 Å². The van der Waals surface area contributed by atoms with E-state index in [9.17, 15) is 18.8 Å². The highest BCUT2D eigenvalue weighted by Gasteiger charge is 2.37. The SMILES string of the molecule is Cn1cc(NC(=O)[C@@H]2CCN(c3ccc(F)cc3)C2=O)ccc1=O. The fourth-order valence-corrected chi connectivity index (χ4v) is 2.70. The number of carbonyl (C=O) groups is 2. The monoisotopic (exact) mass is 329 g/mol. The number of anilines is 2. The summed E-state index contributed by atoms with van der Waals surface area (Å²) in [6, 6.07) is 8.43. The molecule has 1 saturated heterocycles. The highest BCUT2D eigenvalue weighted by atomic mass is 19.1. The van der Waals surface area contributed by atoms with Gasteiger partial charge >= 0.3 is 0 Å². The van der Waals surface area contributed by atoms with E-state index in [1.807, 2.05) is 0 Å². The predicted molar refractivity (Wildman–Crippen MR) is 87.2 cm³/mol. The number of nitrogens with zero attached hydrogens (tertiary/aromatic N) is 2. The molecule has 0 bridgehead atoms. The van der Waals surface area contributed by atoms with Crippen LogP contribution in [-0.4, -0.2) is 22.9 Å². The average Bonchev–Trinajstić information content (AvgIpc) is 2.93. The van der Waals surface area contributed by atoms with Crippen LogP contribution < -0.4 is 15.8 Å². The zero-order valence-electron chi connectivity index (χ0n) is 13.0. The molecule has 0 spiro atoms. The Balaban J connectivity index is 1.72. The molecule has 0 radical (unpaired) electrons. The second kappa shape index (κ2) is 6.27. The van der Waals surface area contributed by atoms with Gasteiger partial charge in [-0.15, -0.1) is 0 Å². The summed E-state index contributed by atoms with van der Waals surface area (Å²) < 4.78 is 14.3. The lowest BCUT2D eigenvalue weighted by molar-refractivity contribution is -0.129. The van der Waals surface area contributed by atoms with E-state index < -0.39 is 11.8 Å². The molecule has 3 rings (SSSR count). The van der Waals surface area contributed by atoms with E-state index in [1.165, 1.54) is 52.1 Å². The molecule has 0 saturated carbocycles. The van der Waals surface area contributed by atoms with Crippen LogP contribution >= 0.6 is 0 Å². The van der Waals surface area contributed by atoms with Crippen LogP contribution in [0.15, 0.2) is 47.4 Å². The van der Waals surface area contributed by atoms with Gasteiger partial charge < -0.3 is 14.8 Å². The summed E-state index contributed by atoms with van der Waals surface area (Å²) in [4.78, 5) is 37.6. The first-order valence-electron chi connectivity index (χ1n) is 7.50. The van der Waals surface area contributed by atoms with Crippen LogP contribution in [0.3, 0.4) is 0 Å². The maximum absolute atomic E-state index is 13.0. The van der Waals surface area contributed by atoms with Gasteiger partial charge in [0.25, 0.3) is 0 Å². The van der Waals surface area contributed by atoms with Gasteiger partial charge in [-0.2, -0.15) is 0 Å². The van der Waals surface area contributed by atoms with E-state index in [2.05, 4.69) is 5.32 Å². The number of hydrogen-bond acceptors (Lipinski definition) is 3. The normalized spacial score (nSPS) is 17.2. The van der Waals surface area contributed by atoms with Crippen LogP contribution in [0.2, 0.25) is 0 Å². The van der Waals surface area contributed by atoms with Crippen LogP contribution in [-0.2, 0) is 16.6 Å². The first-order chi connectivity index (χ1) is 11.5. The fraction of sp³-hybridized carbons (Fsp3) is 0.235. The van der Waals surface area contributed by atoms with Crippen molar-refractivity contribution in [3.8, 4) is 0 Å². The topological polar surface area (TPSA) is 71.4 Å². The highest BCUT2D eigenvalue weighted by molar-refractivity contribution is 6.13. The van der Waals surface area contributed by atoms with E-state index in [4.69, 9.17) is 0 Å². The lowest BCUT2D eigenvalue weighted by Gasteiger charge is -2.16. The number of halogens is 1. The van der Waals surface area contributed by atoms with Crippen molar-refractivity contribution in [1.82, 2.24) is 4.57 Å². The molecule has 1 aliphatic rings. The molecule has 1 N–H and O–H groups in total. The molecule has 0 aliphatic carbocycles. The molecule has 1 aromatic carbocycles. The summed E-state index contributed by atoms with van der Waals surface area (Å²) in [6.45, 7) is 0.399. The summed E-state index contributed by atoms with van der Waals surface area (Å²) in [5.41, 5.74) is 0.835. The highest BCUT2D eigenvalue weighted by Crippen LogP contribution is 2.26. The molecule has 24 heavy (non-hydrogen) atoms. The van der Waals surface area contributed by atoms with Crippen molar-refractivity contribution in [2.45, 2.75) is 6.42 Å². The second-order valence-corrected chi connectivity index (χ2v) is 5.66. The summed E-state index contributed by atoms with van der Waals surface area (Å²) >= 11 is 0. The van der Waals surface area contributed by atoms with Gasteiger partial charge in [0.05, 0.1) is 5.69 Å². The molecular formula is C17H16FN3O3. The van der Waals surface area contributed by atoms with Gasteiger partial charge in [0, 0.05) is 31.5 Å². The third-order valence-corrected chi connectivity index (χ3v) is 4.01. The van der Waals surface area contributed by atoms with Crippen LogP contribution in [0.4, 0.5) is 15.8 Å². The van der Waals surface area contributed by atoms with Crippen molar-refractivity contribution in [3.05, 3.63) is 58.8 Å². The maximum Gasteiger partial charge on any atom is 0.250 e. The Kier molecular flexibility index (Phi) is 4.16. The molecule has 1 aromatic heterocycles. The maximum atomic E-state index is 13.0. The Bertz CT molecular complexity index is 845. The van der Waals surface area contributed by atoms with Crippen molar-refractivity contribution in [1.29, 1.82) is 0 Å². The molecular weight excluding hydrogens is 313 g/mol. The van der Waals surface area contributed by atoms with Gasteiger partial charge in [-0.05, 0) is 36.8 Å². The quantitative estimate of drug-likeness (QED) is 0.868. The number of carbonyl (C=O) groups excluding carboxylic acids is 2.